The Hall–Kier alpha value is -1.11. The van der Waals surface area contributed by atoms with Crippen LogP contribution in [0, 0.1) is 0 Å². The molecule has 0 bridgehead atoms. The van der Waals surface area contributed by atoms with Crippen LogP contribution in [0.15, 0.2) is 30.5 Å². The van der Waals surface area contributed by atoms with E-state index in [1.54, 1.807) is 0 Å². The van der Waals surface area contributed by atoms with E-state index in [0.717, 1.165) is 69.7 Å². The topological polar surface area (TPSA) is 35.5 Å². The number of benzene rings is 1. The Kier molecular flexibility index (Phi) is 8.78. The van der Waals surface area contributed by atoms with E-state index < -0.39 is 0 Å². The first kappa shape index (κ1) is 23.2. The van der Waals surface area contributed by atoms with Gasteiger partial charge in [0.25, 0.3) is 0 Å². The van der Waals surface area contributed by atoms with Crippen LogP contribution in [0.1, 0.15) is 23.7 Å². The third-order valence-corrected chi connectivity index (χ3v) is 5.82. The third kappa shape index (κ3) is 5.28. The van der Waals surface area contributed by atoms with Crippen LogP contribution in [0.5, 0.6) is 0 Å². The molecule has 0 amide bonds. The van der Waals surface area contributed by atoms with Crippen LogP contribution >= 0.6 is 36.4 Å². The molecule has 3 heterocycles. The lowest BCUT2D eigenvalue weighted by molar-refractivity contribution is 0.242. The van der Waals surface area contributed by atoms with Crippen molar-refractivity contribution < 1.29 is 0 Å². The molecule has 8 heteroatoms. The summed E-state index contributed by atoms with van der Waals surface area (Å²) in [5, 5.41) is 0.844. The first-order valence-electron chi connectivity index (χ1n) is 9.51. The van der Waals surface area contributed by atoms with Crippen LogP contribution in [0.4, 0.5) is 5.95 Å². The smallest absolute Gasteiger partial charge is 0.225 e. The summed E-state index contributed by atoms with van der Waals surface area (Å²) >= 11 is 6.31. The lowest BCUT2D eigenvalue weighted by Gasteiger charge is -2.35. The van der Waals surface area contributed by atoms with E-state index in [0.29, 0.717) is 0 Å². The maximum Gasteiger partial charge on any atom is 0.225 e. The molecule has 0 unspecified atom stereocenters. The number of fused-ring (bicyclic) bond motifs is 1. The number of likely N-dealkylation sites (N-methyl/N-ethyl adjacent to an activating group) is 1. The monoisotopic (exact) mass is 443 g/mol. The van der Waals surface area contributed by atoms with Crippen LogP contribution in [0.2, 0.25) is 5.02 Å². The summed E-state index contributed by atoms with van der Waals surface area (Å²) in [6, 6.07) is 8.09. The molecule has 0 N–H and O–H groups in total. The first-order chi connectivity index (χ1) is 12.7. The normalized spacial score (nSPS) is 17.4. The molecule has 28 heavy (non-hydrogen) atoms. The van der Waals surface area contributed by atoms with Crippen LogP contribution in [-0.4, -0.2) is 59.0 Å². The minimum Gasteiger partial charge on any atom is -0.338 e. The number of anilines is 1. The van der Waals surface area contributed by atoms with Crippen molar-refractivity contribution in [2.24, 2.45) is 0 Å². The van der Waals surface area contributed by atoms with Gasteiger partial charge in [0, 0.05) is 69.0 Å². The molecule has 1 aromatic heterocycles. The van der Waals surface area contributed by atoms with E-state index in [9.17, 15) is 0 Å². The molecular formula is C20H28Cl3N5. The van der Waals surface area contributed by atoms with Gasteiger partial charge in [-0.05, 0) is 18.2 Å². The highest BCUT2D eigenvalue weighted by atomic mass is 35.5. The van der Waals surface area contributed by atoms with Gasteiger partial charge in [0.1, 0.15) is 0 Å². The fourth-order valence-corrected chi connectivity index (χ4v) is 3.98. The van der Waals surface area contributed by atoms with Crippen molar-refractivity contribution in [2.75, 3.05) is 44.2 Å². The average Bonchev–Trinajstić information content (AvgIpc) is 2.69. The minimum atomic E-state index is 0. The van der Waals surface area contributed by atoms with E-state index in [1.165, 1.54) is 16.8 Å². The molecule has 2 aliphatic heterocycles. The Bertz CT molecular complexity index is 765. The Morgan fingerprint density at radius 3 is 2.46 bits per heavy atom. The molecule has 154 valence electrons. The highest BCUT2D eigenvalue weighted by molar-refractivity contribution is 6.31. The van der Waals surface area contributed by atoms with E-state index in [-0.39, 0.29) is 24.8 Å². The van der Waals surface area contributed by atoms with E-state index in [4.69, 9.17) is 16.6 Å². The standard InChI is InChI=1S/C20H26ClN5.2ClH/c1-2-24-9-11-26(12-10-24)20-22-13-17-15-25(8-7-19(17)23-20)14-16-5-3-4-6-18(16)21;;/h3-6,13H,2,7-12,14-15H2,1H3;2*1H. The van der Waals surface area contributed by atoms with Crippen molar-refractivity contribution in [3.63, 3.8) is 0 Å². The molecular weight excluding hydrogens is 417 g/mol. The molecule has 0 radical (unpaired) electrons. The average molecular weight is 445 g/mol. The zero-order chi connectivity index (χ0) is 17.9. The predicted molar refractivity (Wildman–Crippen MR) is 120 cm³/mol. The molecule has 0 saturated carbocycles. The van der Waals surface area contributed by atoms with Gasteiger partial charge in [-0.15, -0.1) is 24.8 Å². The Labute approximate surface area is 184 Å². The summed E-state index contributed by atoms with van der Waals surface area (Å²) < 4.78 is 0. The van der Waals surface area contributed by atoms with E-state index >= 15 is 0 Å². The SMILES string of the molecule is CCN1CCN(c2ncc3c(n2)CCN(Cc2ccccc2Cl)C3)CC1.Cl.Cl. The fourth-order valence-electron chi connectivity index (χ4n) is 3.78. The van der Waals surface area contributed by atoms with Gasteiger partial charge in [-0.1, -0.05) is 36.7 Å². The van der Waals surface area contributed by atoms with Gasteiger partial charge in [-0.3, -0.25) is 4.90 Å². The maximum atomic E-state index is 6.31. The minimum absolute atomic E-state index is 0. The fraction of sp³-hybridized carbons (Fsp3) is 0.500. The molecule has 1 aromatic carbocycles. The second-order valence-corrected chi connectivity index (χ2v) is 7.52. The van der Waals surface area contributed by atoms with Gasteiger partial charge in [-0.2, -0.15) is 0 Å². The van der Waals surface area contributed by atoms with Crippen molar-refractivity contribution >= 4 is 42.4 Å². The number of aromatic nitrogens is 2. The Balaban J connectivity index is 0.00000140. The molecule has 0 atom stereocenters. The zero-order valence-corrected chi connectivity index (χ0v) is 18.6. The summed E-state index contributed by atoms with van der Waals surface area (Å²) in [6.45, 7) is 10.4. The molecule has 2 aromatic rings. The zero-order valence-electron chi connectivity index (χ0n) is 16.2. The molecule has 1 fully saturated rings. The number of hydrogen-bond donors (Lipinski definition) is 0. The number of halogens is 3. The van der Waals surface area contributed by atoms with Gasteiger partial charge in [0.15, 0.2) is 0 Å². The molecule has 4 rings (SSSR count). The van der Waals surface area contributed by atoms with Crippen LogP contribution < -0.4 is 4.90 Å². The van der Waals surface area contributed by atoms with Crippen LogP contribution in [0.25, 0.3) is 0 Å². The summed E-state index contributed by atoms with van der Waals surface area (Å²) in [5.74, 6) is 0.902. The molecule has 5 nitrogen and oxygen atoms in total. The van der Waals surface area contributed by atoms with Crippen molar-refractivity contribution in [2.45, 2.75) is 26.4 Å². The highest BCUT2D eigenvalue weighted by Gasteiger charge is 2.22. The lowest BCUT2D eigenvalue weighted by Crippen LogP contribution is -2.47. The second kappa shape index (κ2) is 10.6. The van der Waals surface area contributed by atoms with Gasteiger partial charge >= 0.3 is 0 Å². The molecule has 2 aliphatic rings. The van der Waals surface area contributed by atoms with Crippen molar-refractivity contribution in [1.82, 2.24) is 19.8 Å². The van der Waals surface area contributed by atoms with E-state index in [2.05, 4.69) is 32.7 Å². The molecule has 0 aliphatic carbocycles. The van der Waals surface area contributed by atoms with Gasteiger partial charge < -0.3 is 9.80 Å². The summed E-state index contributed by atoms with van der Waals surface area (Å²) in [7, 11) is 0. The number of hydrogen-bond acceptors (Lipinski definition) is 5. The quantitative estimate of drug-likeness (QED) is 0.719. The van der Waals surface area contributed by atoms with Crippen molar-refractivity contribution in [1.29, 1.82) is 0 Å². The molecule has 0 spiro atoms. The maximum absolute atomic E-state index is 6.31. The van der Waals surface area contributed by atoms with E-state index in [1.807, 2.05) is 24.4 Å². The number of piperazine rings is 1. The lowest BCUT2D eigenvalue weighted by atomic mass is 10.1. The largest absolute Gasteiger partial charge is 0.338 e. The van der Waals surface area contributed by atoms with Gasteiger partial charge in [0.05, 0.1) is 5.69 Å². The number of nitrogens with zero attached hydrogens (tertiary/aromatic N) is 5. The highest BCUT2D eigenvalue weighted by Crippen LogP contribution is 2.23. The van der Waals surface area contributed by atoms with Gasteiger partial charge in [-0.25, -0.2) is 9.97 Å². The van der Waals surface area contributed by atoms with Crippen LogP contribution in [-0.2, 0) is 19.5 Å². The Morgan fingerprint density at radius 2 is 1.75 bits per heavy atom. The Morgan fingerprint density at radius 1 is 1.00 bits per heavy atom. The molecule has 1 saturated heterocycles. The second-order valence-electron chi connectivity index (χ2n) is 7.12. The van der Waals surface area contributed by atoms with Gasteiger partial charge in [0.2, 0.25) is 5.95 Å². The summed E-state index contributed by atoms with van der Waals surface area (Å²) in [6.07, 6.45) is 3.01. The summed E-state index contributed by atoms with van der Waals surface area (Å²) in [4.78, 5) is 16.8. The summed E-state index contributed by atoms with van der Waals surface area (Å²) in [5.41, 5.74) is 3.64. The number of rotatable bonds is 4. The first-order valence-corrected chi connectivity index (χ1v) is 9.88. The predicted octanol–water partition coefficient (Wildman–Crippen LogP) is 3.67. The van der Waals surface area contributed by atoms with Crippen molar-refractivity contribution in [3.05, 3.63) is 52.3 Å². The third-order valence-electron chi connectivity index (χ3n) is 5.45. The van der Waals surface area contributed by atoms with Crippen LogP contribution in [0.3, 0.4) is 0 Å². The van der Waals surface area contributed by atoms with Crippen molar-refractivity contribution in [3.8, 4) is 0 Å².